The third-order valence-electron chi connectivity index (χ3n) is 2.14. The van der Waals surface area contributed by atoms with Crippen LogP contribution in [0.1, 0.15) is 13.3 Å². The third-order valence-corrected chi connectivity index (χ3v) is 2.14. The fourth-order valence-electron chi connectivity index (χ4n) is 1.31. The van der Waals surface area contributed by atoms with E-state index in [-0.39, 0.29) is 23.7 Å². The molecular weight excluding hydrogens is 270 g/mol. The molecule has 0 atom stereocenters. The lowest BCUT2D eigenvalue weighted by molar-refractivity contribution is 0.284. The van der Waals surface area contributed by atoms with Crippen molar-refractivity contribution in [3.05, 3.63) is 29.8 Å². The van der Waals surface area contributed by atoms with E-state index in [1.54, 1.807) is 0 Å². The largest absolute Gasteiger partial charge is 0.463 e. The number of hydrogen-bond donors (Lipinski definition) is 1. The Balaban J connectivity index is 2.24. The lowest BCUT2D eigenvalue weighted by atomic mass is 10.3. The average Bonchev–Trinajstić information content (AvgIpc) is 2.40. The molecule has 2 aromatic rings. The van der Waals surface area contributed by atoms with E-state index in [1.807, 2.05) is 6.92 Å². The quantitative estimate of drug-likeness (QED) is 0.906. The maximum atomic E-state index is 13.4. The van der Waals surface area contributed by atoms with E-state index in [9.17, 15) is 8.78 Å². The van der Waals surface area contributed by atoms with E-state index >= 15 is 0 Å². The average molecular weight is 282 g/mol. The van der Waals surface area contributed by atoms with Crippen molar-refractivity contribution >= 4 is 5.95 Å². The topological polar surface area (TPSA) is 83.2 Å². The Morgan fingerprint density at radius 2 is 1.90 bits per heavy atom. The molecule has 0 saturated heterocycles. The monoisotopic (exact) mass is 282 g/mol. The van der Waals surface area contributed by atoms with Gasteiger partial charge in [-0.25, -0.2) is 8.78 Å². The zero-order chi connectivity index (χ0) is 14.5. The molecule has 0 unspecified atom stereocenters. The fraction of sp³-hybridized carbons (Fsp3) is 0.250. The second-order valence-electron chi connectivity index (χ2n) is 3.78. The lowest BCUT2D eigenvalue weighted by Gasteiger charge is -2.07. The molecule has 1 aromatic carbocycles. The highest BCUT2D eigenvalue weighted by Crippen LogP contribution is 2.23. The van der Waals surface area contributed by atoms with Gasteiger partial charge in [0, 0.05) is 6.07 Å². The molecule has 20 heavy (non-hydrogen) atoms. The third kappa shape index (κ3) is 3.50. The zero-order valence-corrected chi connectivity index (χ0v) is 10.6. The maximum Gasteiger partial charge on any atom is 0.330 e. The van der Waals surface area contributed by atoms with Gasteiger partial charge in [0.25, 0.3) is 0 Å². The van der Waals surface area contributed by atoms with Crippen LogP contribution in [0.3, 0.4) is 0 Å². The van der Waals surface area contributed by atoms with Crippen LogP contribution in [0, 0.1) is 11.6 Å². The number of benzene rings is 1. The first-order valence-electron chi connectivity index (χ1n) is 5.85. The molecule has 0 radical (unpaired) electrons. The van der Waals surface area contributed by atoms with Gasteiger partial charge in [0.05, 0.1) is 6.61 Å². The van der Waals surface area contributed by atoms with Crippen molar-refractivity contribution < 1.29 is 18.3 Å². The van der Waals surface area contributed by atoms with Crippen molar-refractivity contribution in [2.24, 2.45) is 0 Å². The predicted molar refractivity (Wildman–Crippen MR) is 66.5 cm³/mol. The van der Waals surface area contributed by atoms with Gasteiger partial charge >= 0.3 is 12.0 Å². The molecule has 0 amide bonds. The van der Waals surface area contributed by atoms with Crippen LogP contribution >= 0.6 is 0 Å². The molecule has 0 aliphatic rings. The number of nitrogens with two attached hydrogens (primary N) is 1. The molecule has 106 valence electrons. The number of hydrogen-bond acceptors (Lipinski definition) is 6. The van der Waals surface area contributed by atoms with Crippen molar-refractivity contribution in [2.45, 2.75) is 13.3 Å². The number of nitrogens with zero attached hydrogens (tertiary/aromatic N) is 3. The highest BCUT2D eigenvalue weighted by atomic mass is 19.1. The summed E-state index contributed by atoms with van der Waals surface area (Å²) >= 11 is 0. The molecular formula is C12H12F2N4O2. The summed E-state index contributed by atoms with van der Waals surface area (Å²) in [5.41, 5.74) is 5.46. The Labute approximate surface area is 113 Å². The summed E-state index contributed by atoms with van der Waals surface area (Å²) in [5.74, 6) is -1.89. The number of anilines is 1. The minimum absolute atomic E-state index is 0.0360. The molecule has 8 heteroatoms. The number of nitrogen functional groups attached to an aromatic ring is 1. The smallest absolute Gasteiger partial charge is 0.330 e. The molecule has 0 aliphatic carbocycles. The highest BCUT2D eigenvalue weighted by molar-refractivity contribution is 5.29. The van der Waals surface area contributed by atoms with Crippen LogP contribution in [-0.4, -0.2) is 21.6 Å². The van der Waals surface area contributed by atoms with Gasteiger partial charge in [-0.15, -0.1) is 4.98 Å². The van der Waals surface area contributed by atoms with Gasteiger partial charge in [-0.3, -0.25) is 0 Å². The van der Waals surface area contributed by atoms with Gasteiger partial charge < -0.3 is 15.2 Å². The minimum atomic E-state index is -0.749. The second-order valence-corrected chi connectivity index (χ2v) is 3.78. The van der Waals surface area contributed by atoms with Crippen LogP contribution in [-0.2, 0) is 0 Å². The molecule has 2 N–H and O–H groups in total. The van der Waals surface area contributed by atoms with E-state index in [1.165, 1.54) is 0 Å². The first-order valence-corrected chi connectivity index (χ1v) is 5.85. The molecule has 0 saturated carbocycles. The highest BCUT2D eigenvalue weighted by Gasteiger charge is 2.11. The Morgan fingerprint density at radius 1 is 1.15 bits per heavy atom. The summed E-state index contributed by atoms with van der Waals surface area (Å²) < 4.78 is 36.7. The van der Waals surface area contributed by atoms with Gasteiger partial charge in [-0.1, -0.05) is 6.92 Å². The molecule has 0 spiro atoms. The van der Waals surface area contributed by atoms with Gasteiger partial charge in [-0.05, 0) is 18.6 Å². The van der Waals surface area contributed by atoms with Crippen molar-refractivity contribution in [2.75, 3.05) is 12.3 Å². The molecule has 0 aliphatic heterocycles. The lowest BCUT2D eigenvalue weighted by Crippen LogP contribution is -2.06. The van der Waals surface area contributed by atoms with Gasteiger partial charge in [0.1, 0.15) is 5.82 Å². The minimum Gasteiger partial charge on any atom is -0.463 e. The van der Waals surface area contributed by atoms with Crippen LogP contribution in [0.4, 0.5) is 14.7 Å². The number of aromatic nitrogens is 3. The van der Waals surface area contributed by atoms with E-state index in [2.05, 4.69) is 15.0 Å². The summed E-state index contributed by atoms with van der Waals surface area (Å²) in [6, 6.07) is 2.48. The number of halogens is 2. The fourth-order valence-corrected chi connectivity index (χ4v) is 1.31. The van der Waals surface area contributed by atoms with Crippen LogP contribution in [0.5, 0.6) is 17.8 Å². The molecule has 0 bridgehead atoms. The maximum absolute atomic E-state index is 13.4. The molecule has 1 aromatic heterocycles. The normalized spacial score (nSPS) is 10.3. The second kappa shape index (κ2) is 6.09. The molecule has 0 fully saturated rings. The van der Waals surface area contributed by atoms with Crippen molar-refractivity contribution in [3.63, 3.8) is 0 Å². The Kier molecular flexibility index (Phi) is 4.24. The van der Waals surface area contributed by atoms with Crippen molar-refractivity contribution in [1.82, 2.24) is 15.0 Å². The summed E-state index contributed by atoms with van der Waals surface area (Å²) in [5, 5.41) is 0. The Bertz CT molecular complexity index is 610. The summed E-state index contributed by atoms with van der Waals surface area (Å²) in [6.45, 7) is 2.29. The van der Waals surface area contributed by atoms with Crippen LogP contribution in [0.25, 0.3) is 0 Å². The van der Waals surface area contributed by atoms with Crippen LogP contribution in [0.15, 0.2) is 18.2 Å². The van der Waals surface area contributed by atoms with Crippen LogP contribution in [0.2, 0.25) is 0 Å². The SMILES string of the molecule is CCCOc1nc(N)nc(Oc2cc(F)ccc2F)n1. The van der Waals surface area contributed by atoms with E-state index < -0.39 is 11.6 Å². The van der Waals surface area contributed by atoms with Crippen LogP contribution < -0.4 is 15.2 Å². The Hall–Kier alpha value is -2.51. The first-order chi connectivity index (χ1) is 9.58. The molecule has 6 nitrogen and oxygen atoms in total. The first kappa shape index (κ1) is 13.9. The van der Waals surface area contributed by atoms with E-state index in [0.29, 0.717) is 6.61 Å². The summed E-state index contributed by atoms with van der Waals surface area (Å²) in [4.78, 5) is 11.2. The number of rotatable bonds is 5. The predicted octanol–water partition coefficient (Wildman–Crippen LogP) is 2.31. The van der Waals surface area contributed by atoms with Gasteiger partial charge in [0.2, 0.25) is 5.95 Å². The Morgan fingerprint density at radius 3 is 2.65 bits per heavy atom. The van der Waals surface area contributed by atoms with Crippen molar-refractivity contribution in [3.8, 4) is 17.8 Å². The van der Waals surface area contributed by atoms with Gasteiger partial charge in [0.15, 0.2) is 11.6 Å². The molecule has 2 rings (SSSR count). The van der Waals surface area contributed by atoms with E-state index in [4.69, 9.17) is 15.2 Å². The van der Waals surface area contributed by atoms with E-state index in [0.717, 1.165) is 24.6 Å². The standard InChI is InChI=1S/C12H12F2N4O2/c1-2-5-19-11-16-10(15)17-12(18-11)20-9-6-7(13)3-4-8(9)14/h3-4,6H,2,5H2,1H3,(H2,15,16,17,18). The van der Waals surface area contributed by atoms with Crippen molar-refractivity contribution in [1.29, 1.82) is 0 Å². The number of ether oxygens (including phenoxy) is 2. The molecule has 1 heterocycles. The summed E-state index contributed by atoms with van der Waals surface area (Å²) in [6.07, 6.45) is 0.750. The summed E-state index contributed by atoms with van der Waals surface area (Å²) in [7, 11) is 0. The van der Waals surface area contributed by atoms with Gasteiger partial charge in [-0.2, -0.15) is 9.97 Å². The zero-order valence-electron chi connectivity index (χ0n) is 10.6.